The van der Waals surface area contributed by atoms with Crippen LogP contribution in [0, 0.1) is 0 Å². The van der Waals surface area contributed by atoms with Gasteiger partial charge in [-0.2, -0.15) is 11.8 Å². The molecule has 1 fully saturated rings. The lowest BCUT2D eigenvalue weighted by molar-refractivity contribution is -0.152. The van der Waals surface area contributed by atoms with Crippen LogP contribution in [0.1, 0.15) is 20.8 Å². The van der Waals surface area contributed by atoms with Gasteiger partial charge < -0.3 is 15.4 Å². The van der Waals surface area contributed by atoms with Crippen LogP contribution in [0.4, 0.5) is 0 Å². The fraction of sp³-hybridized carbons (Fsp3) is 0.818. The van der Waals surface area contributed by atoms with Gasteiger partial charge in [0.1, 0.15) is 12.1 Å². The Balaban J connectivity index is 0.00000289. The number of rotatable bonds is 2. The maximum absolute atomic E-state index is 11.4. The number of nitrogens with two attached hydrogens (primary N) is 1. The largest absolute Gasteiger partial charge is 0.459 e. The minimum Gasteiger partial charge on any atom is -0.459 e. The number of hydrogen-bond donors (Lipinski definition) is 1. The van der Waals surface area contributed by atoms with Gasteiger partial charge in [-0.1, -0.05) is 0 Å². The van der Waals surface area contributed by atoms with E-state index >= 15 is 0 Å². The van der Waals surface area contributed by atoms with E-state index in [0.29, 0.717) is 5.96 Å². The second-order valence-corrected chi connectivity index (χ2v) is 6.09. The van der Waals surface area contributed by atoms with Crippen LogP contribution >= 0.6 is 35.7 Å². The molecule has 0 aromatic rings. The lowest BCUT2D eigenvalue weighted by Crippen LogP contribution is -2.43. The van der Waals surface area contributed by atoms with Crippen molar-refractivity contribution in [2.75, 3.05) is 31.1 Å². The number of nitrogens with zero attached hydrogens (tertiary/aromatic N) is 2. The molecule has 18 heavy (non-hydrogen) atoms. The van der Waals surface area contributed by atoms with Crippen LogP contribution in [0.5, 0.6) is 0 Å². The van der Waals surface area contributed by atoms with Gasteiger partial charge in [-0.25, -0.2) is 4.99 Å². The number of carbonyl (C=O) groups is 1. The second kappa shape index (κ2) is 8.08. The van der Waals surface area contributed by atoms with Crippen LogP contribution < -0.4 is 5.73 Å². The third-order valence-corrected chi connectivity index (χ3v) is 3.07. The number of esters is 1. The first-order chi connectivity index (χ1) is 7.88. The van der Waals surface area contributed by atoms with Crippen LogP contribution in [-0.4, -0.2) is 53.6 Å². The summed E-state index contributed by atoms with van der Waals surface area (Å²) in [7, 11) is 0. The van der Waals surface area contributed by atoms with E-state index in [1.807, 2.05) is 37.4 Å². The molecule has 0 aliphatic carbocycles. The maximum atomic E-state index is 11.4. The molecule has 0 bridgehead atoms. The highest BCUT2D eigenvalue weighted by Crippen LogP contribution is 2.09. The van der Waals surface area contributed by atoms with Gasteiger partial charge in [-0.3, -0.25) is 4.79 Å². The molecule has 1 saturated heterocycles. The summed E-state index contributed by atoms with van der Waals surface area (Å²) in [6.45, 7) is 7.29. The van der Waals surface area contributed by atoms with E-state index in [-0.39, 0.29) is 36.5 Å². The summed E-state index contributed by atoms with van der Waals surface area (Å²) < 4.78 is 5.15. The number of thioether (sulfide) groups is 1. The summed E-state index contributed by atoms with van der Waals surface area (Å²) in [4.78, 5) is 17.5. The molecule has 0 atom stereocenters. The first kappa shape index (κ1) is 17.8. The number of hydrogen-bond acceptors (Lipinski definition) is 4. The lowest BCUT2D eigenvalue weighted by Gasteiger charge is -2.27. The lowest BCUT2D eigenvalue weighted by atomic mass is 10.2. The SMILES string of the molecule is CC(C)(C)OC(=O)CN=C(N)N1CCSCC1.I. The Morgan fingerprint density at radius 3 is 2.44 bits per heavy atom. The number of carbonyl (C=O) groups excluding carboxylic acids is 1. The molecule has 106 valence electrons. The smallest absolute Gasteiger partial charge is 0.328 e. The number of ether oxygens (including phenoxy) is 1. The maximum Gasteiger partial charge on any atom is 0.328 e. The zero-order valence-electron chi connectivity index (χ0n) is 11.1. The minimum absolute atomic E-state index is 0. The van der Waals surface area contributed by atoms with E-state index in [4.69, 9.17) is 10.5 Å². The average molecular weight is 387 g/mol. The van der Waals surface area contributed by atoms with Gasteiger partial charge in [0.2, 0.25) is 0 Å². The van der Waals surface area contributed by atoms with Crippen molar-refractivity contribution in [2.45, 2.75) is 26.4 Å². The van der Waals surface area contributed by atoms with Gasteiger partial charge in [0, 0.05) is 24.6 Å². The summed E-state index contributed by atoms with van der Waals surface area (Å²) in [5.74, 6) is 2.22. The van der Waals surface area contributed by atoms with Crippen molar-refractivity contribution < 1.29 is 9.53 Å². The molecule has 0 saturated carbocycles. The highest BCUT2D eigenvalue weighted by Gasteiger charge is 2.17. The standard InChI is InChI=1S/C11H21N3O2S.HI/c1-11(2,3)16-9(15)8-13-10(12)14-4-6-17-7-5-14;/h4-8H2,1-3H3,(H2,12,13);1H. The van der Waals surface area contributed by atoms with E-state index in [1.165, 1.54) is 0 Å². The topological polar surface area (TPSA) is 67.9 Å². The summed E-state index contributed by atoms with van der Waals surface area (Å²) in [5, 5.41) is 0. The predicted molar refractivity (Wildman–Crippen MR) is 86.6 cm³/mol. The molecular weight excluding hydrogens is 365 g/mol. The number of aliphatic imine (C=N–C) groups is 1. The Morgan fingerprint density at radius 2 is 1.94 bits per heavy atom. The van der Waals surface area contributed by atoms with Crippen LogP contribution in [0.3, 0.4) is 0 Å². The molecule has 0 aromatic carbocycles. The molecule has 5 nitrogen and oxygen atoms in total. The third-order valence-electron chi connectivity index (χ3n) is 2.13. The Labute approximate surface area is 130 Å². The van der Waals surface area contributed by atoms with Gasteiger partial charge in [-0.05, 0) is 20.8 Å². The molecule has 0 spiro atoms. The van der Waals surface area contributed by atoms with Crippen molar-refractivity contribution in [1.29, 1.82) is 0 Å². The van der Waals surface area contributed by atoms with E-state index in [0.717, 1.165) is 24.6 Å². The molecule has 7 heteroatoms. The minimum atomic E-state index is -0.469. The monoisotopic (exact) mass is 387 g/mol. The van der Waals surface area contributed by atoms with E-state index in [1.54, 1.807) is 0 Å². The molecule has 1 heterocycles. The van der Waals surface area contributed by atoms with Gasteiger partial charge in [-0.15, -0.1) is 24.0 Å². The number of halogens is 1. The highest BCUT2D eigenvalue weighted by atomic mass is 127. The van der Waals surface area contributed by atoms with Crippen molar-refractivity contribution in [2.24, 2.45) is 10.7 Å². The Kier molecular flexibility index (Phi) is 8.00. The van der Waals surface area contributed by atoms with Crippen molar-refractivity contribution in [3.63, 3.8) is 0 Å². The van der Waals surface area contributed by atoms with Crippen molar-refractivity contribution in [3.05, 3.63) is 0 Å². The zero-order valence-corrected chi connectivity index (χ0v) is 14.3. The van der Waals surface area contributed by atoms with E-state index in [9.17, 15) is 4.79 Å². The van der Waals surface area contributed by atoms with Gasteiger partial charge in [0.15, 0.2) is 5.96 Å². The quantitative estimate of drug-likeness (QED) is 0.335. The van der Waals surface area contributed by atoms with Crippen LogP contribution in [0.2, 0.25) is 0 Å². The van der Waals surface area contributed by atoms with Gasteiger partial charge in [0.05, 0.1) is 0 Å². The molecule has 1 aliphatic rings. The van der Waals surface area contributed by atoms with Gasteiger partial charge in [0.25, 0.3) is 0 Å². The van der Waals surface area contributed by atoms with Crippen LogP contribution in [0.15, 0.2) is 4.99 Å². The summed E-state index contributed by atoms with van der Waals surface area (Å²) in [6.07, 6.45) is 0. The van der Waals surface area contributed by atoms with Crippen molar-refractivity contribution >= 4 is 47.7 Å². The van der Waals surface area contributed by atoms with E-state index in [2.05, 4.69) is 4.99 Å². The second-order valence-electron chi connectivity index (χ2n) is 4.86. The molecule has 0 unspecified atom stereocenters. The summed E-state index contributed by atoms with van der Waals surface area (Å²) in [6, 6.07) is 0. The molecule has 1 aliphatic heterocycles. The Morgan fingerprint density at radius 1 is 1.39 bits per heavy atom. The fourth-order valence-electron chi connectivity index (χ4n) is 1.41. The van der Waals surface area contributed by atoms with Crippen LogP contribution in [0.25, 0.3) is 0 Å². The average Bonchev–Trinajstić information content (AvgIpc) is 2.25. The first-order valence-electron chi connectivity index (χ1n) is 5.73. The predicted octanol–water partition coefficient (Wildman–Crippen LogP) is 1.31. The van der Waals surface area contributed by atoms with Gasteiger partial charge >= 0.3 is 5.97 Å². The Hall–Kier alpha value is -0.180. The third kappa shape index (κ3) is 7.30. The normalized spacial score (nSPS) is 17.1. The molecule has 0 aromatic heterocycles. The first-order valence-corrected chi connectivity index (χ1v) is 6.88. The molecule has 1 rings (SSSR count). The molecular formula is C11H22IN3O2S. The highest BCUT2D eigenvalue weighted by molar-refractivity contribution is 14.0. The van der Waals surface area contributed by atoms with Crippen molar-refractivity contribution in [3.8, 4) is 0 Å². The zero-order chi connectivity index (χ0) is 12.9. The summed E-state index contributed by atoms with van der Waals surface area (Å²) >= 11 is 1.90. The molecule has 0 amide bonds. The van der Waals surface area contributed by atoms with Crippen LogP contribution in [-0.2, 0) is 9.53 Å². The number of guanidine groups is 1. The summed E-state index contributed by atoms with van der Waals surface area (Å²) in [5.41, 5.74) is 5.35. The molecule has 0 radical (unpaired) electrons. The molecule has 2 N–H and O–H groups in total. The fourth-order valence-corrected chi connectivity index (χ4v) is 2.31. The van der Waals surface area contributed by atoms with E-state index < -0.39 is 5.60 Å². The van der Waals surface area contributed by atoms with Crippen molar-refractivity contribution in [1.82, 2.24) is 4.90 Å². The Bertz CT molecular complexity index is 299.